The number of piperazine rings is 1. The molecule has 1 saturated heterocycles. The van der Waals surface area contributed by atoms with Gasteiger partial charge in [-0.15, -0.1) is 10.2 Å². The lowest BCUT2D eigenvalue weighted by molar-refractivity contribution is -0.144. The Kier molecular flexibility index (Phi) is 8.21. The molecule has 0 saturated carbocycles. The Balaban J connectivity index is 1.38. The van der Waals surface area contributed by atoms with E-state index in [1.807, 2.05) is 92.4 Å². The first-order valence-electron chi connectivity index (χ1n) is 12.3. The minimum atomic E-state index is -0.187. The summed E-state index contributed by atoms with van der Waals surface area (Å²) in [5.74, 6) is 0.527. The largest absolute Gasteiger partial charge is 0.352 e. The van der Waals surface area contributed by atoms with Gasteiger partial charge in [-0.2, -0.15) is 0 Å². The van der Waals surface area contributed by atoms with Crippen LogP contribution in [0.25, 0.3) is 11.3 Å². The van der Waals surface area contributed by atoms with Crippen molar-refractivity contribution in [2.45, 2.75) is 26.8 Å². The van der Waals surface area contributed by atoms with Gasteiger partial charge in [-0.05, 0) is 30.7 Å². The van der Waals surface area contributed by atoms with Gasteiger partial charge in [0.15, 0.2) is 5.82 Å². The zero-order valence-electron chi connectivity index (χ0n) is 21.0. The van der Waals surface area contributed by atoms with E-state index in [-0.39, 0.29) is 30.3 Å². The van der Waals surface area contributed by atoms with Gasteiger partial charge in [0.2, 0.25) is 11.8 Å². The van der Waals surface area contributed by atoms with Crippen LogP contribution in [0.5, 0.6) is 0 Å². The van der Waals surface area contributed by atoms with Gasteiger partial charge in [-0.1, -0.05) is 74.0 Å². The van der Waals surface area contributed by atoms with E-state index in [2.05, 4.69) is 15.1 Å². The Bertz CT molecular complexity index is 1180. The van der Waals surface area contributed by atoms with Crippen LogP contribution in [0.15, 0.2) is 66.7 Å². The number of amides is 2. The fourth-order valence-electron chi connectivity index (χ4n) is 4.39. The highest BCUT2D eigenvalue weighted by molar-refractivity contribution is 6.33. The molecule has 1 aliphatic heterocycles. The van der Waals surface area contributed by atoms with E-state index in [9.17, 15) is 9.59 Å². The predicted molar refractivity (Wildman–Crippen MR) is 143 cm³/mol. The molecule has 36 heavy (non-hydrogen) atoms. The number of hydrogen-bond acceptors (Lipinski definition) is 5. The molecule has 2 amide bonds. The van der Waals surface area contributed by atoms with Crippen LogP contribution >= 0.6 is 11.6 Å². The third kappa shape index (κ3) is 5.85. The van der Waals surface area contributed by atoms with Crippen LogP contribution in [-0.2, 0) is 9.59 Å². The minimum absolute atomic E-state index is 0.0211. The van der Waals surface area contributed by atoms with Crippen molar-refractivity contribution in [3.63, 3.8) is 0 Å². The summed E-state index contributed by atoms with van der Waals surface area (Å²) in [5.41, 5.74) is 2.59. The molecule has 0 bridgehead atoms. The van der Waals surface area contributed by atoms with Crippen molar-refractivity contribution < 1.29 is 9.59 Å². The smallest absolute Gasteiger partial charge is 0.242 e. The second-order valence-corrected chi connectivity index (χ2v) is 9.74. The van der Waals surface area contributed by atoms with Crippen LogP contribution in [0.4, 0.5) is 5.82 Å². The van der Waals surface area contributed by atoms with Crippen LogP contribution in [0.3, 0.4) is 0 Å². The summed E-state index contributed by atoms with van der Waals surface area (Å²) in [7, 11) is 0. The number of hydrogen-bond donors (Lipinski definition) is 0. The Morgan fingerprint density at radius 1 is 0.889 bits per heavy atom. The maximum atomic E-state index is 13.2. The fourth-order valence-corrected chi connectivity index (χ4v) is 4.62. The molecule has 0 N–H and O–H groups in total. The molecule has 8 heteroatoms. The zero-order chi connectivity index (χ0) is 25.7. The Hall–Kier alpha value is -3.45. The van der Waals surface area contributed by atoms with Crippen LogP contribution in [0, 0.1) is 5.92 Å². The van der Waals surface area contributed by atoms with Gasteiger partial charge in [0.05, 0.1) is 16.8 Å². The number of benzene rings is 2. The maximum Gasteiger partial charge on any atom is 0.242 e. The molecule has 4 rings (SSSR count). The Morgan fingerprint density at radius 3 is 2.17 bits per heavy atom. The standard InChI is InChI=1S/C28H32ClN5O2/c1-20(2)28(36)34(21(3)22-9-5-4-6-10-22)19-27(35)33-17-15-32(16-18-33)26-14-13-25(30-31-26)23-11-7-8-12-24(23)29/h4-14,20-21H,15-19H2,1-3H3/t21-/m1/s1. The summed E-state index contributed by atoms with van der Waals surface area (Å²) in [6.45, 7) is 8.22. The number of carbonyl (C=O) groups excluding carboxylic acids is 2. The summed E-state index contributed by atoms with van der Waals surface area (Å²) in [4.78, 5) is 31.9. The molecule has 1 aliphatic rings. The van der Waals surface area contributed by atoms with Gasteiger partial charge in [-0.3, -0.25) is 9.59 Å². The summed E-state index contributed by atoms with van der Waals surface area (Å²) >= 11 is 6.28. The highest BCUT2D eigenvalue weighted by Gasteiger charge is 2.29. The van der Waals surface area contributed by atoms with Gasteiger partial charge in [-0.25, -0.2) is 0 Å². The second kappa shape index (κ2) is 11.5. The lowest BCUT2D eigenvalue weighted by Gasteiger charge is -2.37. The molecule has 2 aromatic carbocycles. The average Bonchev–Trinajstić information content (AvgIpc) is 2.92. The Labute approximate surface area is 217 Å². The fraction of sp³-hybridized carbons (Fsp3) is 0.357. The van der Waals surface area contributed by atoms with E-state index in [4.69, 9.17) is 11.6 Å². The molecule has 3 aromatic rings. The molecule has 1 atom stereocenters. The number of rotatable bonds is 7. The van der Waals surface area contributed by atoms with Gasteiger partial charge in [0.1, 0.15) is 6.54 Å². The first-order chi connectivity index (χ1) is 17.3. The molecular formula is C28H32ClN5O2. The zero-order valence-corrected chi connectivity index (χ0v) is 21.7. The number of nitrogens with zero attached hydrogens (tertiary/aromatic N) is 5. The van der Waals surface area contributed by atoms with E-state index in [0.29, 0.717) is 31.2 Å². The molecule has 0 radical (unpaired) electrons. The first-order valence-corrected chi connectivity index (χ1v) is 12.7. The number of aromatic nitrogens is 2. The van der Waals surface area contributed by atoms with Gasteiger partial charge in [0, 0.05) is 37.7 Å². The van der Waals surface area contributed by atoms with Crippen LogP contribution in [0.1, 0.15) is 32.4 Å². The minimum Gasteiger partial charge on any atom is -0.352 e. The molecule has 7 nitrogen and oxygen atoms in total. The lowest BCUT2D eigenvalue weighted by atomic mass is 10.0. The third-order valence-corrected chi connectivity index (χ3v) is 6.92. The van der Waals surface area contributed by atoms with Crippen LogP contribution in [0.2, 0.25) is 5.02 Å². The van der Waals surface area contributed by atoms with Gasteiger partial charge >= 0.3 is 0 Å². The highest BCUT2D eigenvalue weighted by atomic mass is 35.5. The second-order valence-electron chi connectivity index (χ2n) is 9.33. The quantitative estimate of drug-likeness (QED) is 0.466. The van der Waals surface area contributed by atoms with E-state index >= 15 is 0 Å². The van der Waals surface area contributed by atoms with E-state index in [1.54, 1.807) is 4.90 Å². The predicted octanol–water partition coefficient (Wildman–Crippen LogP) is 4.69. The summed E-state index contributed by atoms with van der Waals surface area (Å²) in [6.07, 6.45) is 0. The van der Waals surface area contributed by atoms with Crippen molar-refractivity contribution in [3.05, 3.63) is 77.3 Å². The molecular weight excluding hydrogens is 474 g/mol. The van der Waals surface area contributed by atoms with E-state index < -0.39 is 0 Å². The molecule has 1 aromatic heterocycles. The molecule has 2 heterocycles. The lowest BCUT2D eigenvalue weighted by Crippen LogP contribution is -2.52. The van der Waals surface area contributed by atoms with Crippen molar-refractivity contribution in [1.82, 2.24) is 20.0 Å². The number of carbonyl (C=O) groups is 2. The average molecular weight is 506 g/mol. The van der Waals surface area contributed by atoms with Crippen molar-refractivity contribution in [1.29, 1.82) is 0 Å². The third-order valence-electron chi connectivity index (χ3n) is 6.59. The summed E-state index contributed by atoms with van der Waals surface area (Å²) in [6, 6.07) is 21.1. The summed E-state index contributed by atoms with van der Waals surface area (Å²) in [5, 5.41) is 9.40. The van der Waals surface area contributed by atoms with Crippen molar-refractivity contribution >= 4 is 29.2 Å². The Morgan fingerprint density at radius 2 is 1.56 bits per heavy atom. The monoisotopic (exact) mass is 505 g/mol. The topological polar surface area (TPSA) is 69.6 Å². The number of halogens is 1. The van der Waals surface area contributed by atoms with E-state index in [1.165, 1.54) is 0 Å². The van der Waals surface area contributed by atoms with Crippen molar-refractivity contribution in [2.75, 3.05) is 37.6 Å². The normalized spacial score (nSPS) is 14.6. The SMILES string of the molecule is CC(C)C(=O)N(CC(=O)N1CCN(c2ccc(-c3ccccc3Cl)nn2)CC1)[C@H](C)c1ccccc1. The van der Waals surface area contributed by atoms with Crippen molar-refractivity contribution in [2.24, 2.45) is 5.92 Å². The maximum absolute atomic E-state index is 13.2. The van der Waals surface area contributed by atoms with Gasteiger partial charge < -0.3 is 14.7 Å². The van der Waals surface area contributed by atoms with Crippen LogP contribution in [-0.4, -0.2) is 64.5 Å². The summed E-state index contributed by atoms with van der Waals surface area (Å²) < 4.78 is 0. The molecule has 0 unspecified atom stereocenters. The highest BCUT2D eigenvalue weighted by Crippen LogP contribution is 2.27. The van der Waals surface area contributed by atoms with E-state index in [0.717, 1.165) is 22.6 Å². The molecule has 1 fully saturated rings. The molecule has 188 valence electrons. The number of anilines is 1. The molecule has 0 aliphatic carbocycles. The van der Waals surface area contributed by atoms with Gasteiger partial charge in [0.25, 0.3) is 0 Å². The van der Waals surface area contributed by atoms with Crippen molar-refractivity contribution in [3.8, 4) is 11.3 Å². The molecule has 0 spiro atoms. The van der Waals surface area contributed by atoms with Crippen LogP contribution < -0.4 is 4.90 Å². The first kappa shape index (κ1) is 25.6.